The van der Waals surface area contributed by atoms with Crippen molar-refractivity contribution >= 4 is 23.2 Å². The second kappa shape index (κ2) is 12.2. The van der Waals surface area contributed by atoms with Gasteiger partial charge in [-0.15, -0.1) is 0 Å². The number of pyridine rings is 2. The predicted octanol–water partition coefficient (Wildman–Crippen LogP) is 2.10. The van der Waals surface area contributed by atoms with Crippen molar-refractivity contribution in [1.82, 2.24) is 30.4 Å². The number of ether oxygens (including phenoxy) is 1. The molecule has 0 aliphatic carbocycles. The quantitative estimate of drug-likeness (QED) is 0.581. The number of aromatic nitrogens is 2. The number of carbonyl (C=O) groups is 1. The number of nitrogens with one attached hydrogen (secondary N) is 2. The van der Waals surface area contributed by atoms with Gasteiger partial charge in [0.2, 0.25) is 0 Å². The van der Waals surface area contributed by atoms with Crippen molar-refractivity contribution in [3.05, 3.63) is 59.2 Å². The highest BCUT2D eigenvalue weighted by molar-refractivity contribution is 7.80. The van der Waals surface area contributed by atoms with E-state index >= 15 is 0 Å². The molecule has 0 aromatic carbocycles. The number of hydrogen-bond donors (Lipinski definition) is 2. The van der Waals surface area contributed by atoms with Crippen LogP contribution in [0.2, 0.25) is 0 Å². The molecule has 2 fully saturated rings. The lowest BCUT2D eigenvalue weighted by Crippen LogP contribution is -2.47. The largest absolute Gasteiger partial charge is 0.379 e. The molecule has 34 heavy (non-hydrogen) atoms. The second-order valence-electron chi connectivity index (χ2n) is 8.88. The fraction of sp³-hybridized carbons (Fsp3) is 0.520. The van der Waals surface area contributed by atoms with E-state index in [1.165, 1.54) is 0 Å². The molecule has 0 saturated carbocycles. The van der Waals surface area contributed by atoms with Gasteiger partial charge in [-0.05, 0) is 55.7 Å². The van der Waals surface area contributed by atoms with Crippen LogP contribution in [0.4, 0.5) is 0 Å². The second-order valence-corrected chi connectivity index (χ2v) is 9.26. The number of hydrogen-bond acceptors (Lipinski definition) is 6. The summed E-state index contributed by atoms with van der Waals surface area (Å²) in [5.41, 5.74) is 3.47. The highest BCUT2D eigenvalue weighted by atomic mass is 32.1. The Morgan fingerprint density at radius 2 is 1.94 bits per heavy atom. The van der Waals surface area contributed by atoms with E-state index in [9.17, 15) is 4.79 Å². The van der Waals surface area contributed by atoms with Crippen LogP contribution < -0.4 is 10.6 Å². The minimum absolute atomic E-state index is 0.0888. The minimum Gasteiger partial charge on any atom is -0.379 e. The zero-order valence-corrected chi connectivity index (χ0v) is 20.6. The highest BCUT2D eigenvalue weighted by Crippen LogP contribution is 2.29. The monoisotopic (exact) mass is 482 g/mol. The zero-order chi connectivity index (χ0) is 23.8. The van der Waals surface area contributed by atoms with E-state index in [1.54, 1.807) is 12.4 Å². The molecule has 2 aliphatic rings. The summed E-state index contributed by atoms with van der Waals surface area (Å²) in [6.45, 7) is 9.57. The lowest BCUT2D eigenvalue weighted by atomic mass is 9.90. The van der Waals surface area contributed by atoms with Crippen molar-refractivity contribution in [1.29, 1.82) is 0 Å². The molecule has 2 N–H and O–H groups in total. The zero-order valence-electron chi connectivity index (χ0n) is 19.8. The topological polar surface area (TPSA) is 82.6 Å². The molecule has 2 aromatic rings. The van der Waals surface area contributed by atoms with Crippen LogP contribution >= 0.6 is 12.2 Å². The van der Waals surface area contributed by atoms with E-state index in [0.29, 0.717) is 12.1 Å². The molecule has 2 aliphatic heterocycles. The van der Waals surface area contributed by atoms with E-state index in [0.717, 1.165) is 87.4 Å². The number of morpholine rings is 1. The number of aryl methyl sites for hydroxylation is 1. The van der Waals surface area contributed by atoms with Crippen molar-refractivity contribution in [2.24, 2.45) is 0 Å². The van der Waals surface area contributed by atoms with Crippen molar-refractivity contribution < 1.29 is 9.53 Å². The van der Waals surface area contributed by atoms with Crippen molar-refractivity contribution in [2.45, 2.75) is 32.2 Å². The Kier molecular flexibility index (Phi) is 8.79. The van der Waals surface area contributed by atoms with Crippen molar-refractivity contribution in [3.8, 4) is 0 Å². The Hall–Kier alpha value is -2.62. The average Bonchev–Trinajstić information content (AvgIpc) is 2.88. The molecule has 2 aromatic heterocycles. The third-order valence-electron chi connectivity index (χ3n) is 6.46. The minimum atomic E-state index is -0.0888. The van der Waals surface area contributed by atoms with Gasteiger partial charge in [-0.25, -0.2) is 0 Å². The maximum Gasteiger partial charge on any atom is 0.253 e. The first-order chi connectivity index (χ1) is 16.6. The van der Waals surface area contributed by atoms with Gasteiger partial charge < -0.3 is 20.3 Å². The van der Waals surface area contributed by atoms with Crippen LogP contribution in [-0.2, 0) is 11.3 Å². The van der Waals surface area contributed by atoms with E-state index < -0.39 is 0 Å². The molecule has 4 heterocycles. The first-order valence-corrected chi connectivity index (χ1v) is 12.5. The number of rotatable bonds is 7. The molecule has 0 unspecified atom stereocenters. The van der Waals surface area contributed by atoms with Gasteiger partial charge in [0.05, 0.1) is 24.5 Å². The Labute approximate surface area is 207 Å². The highest BCUT2D eigenvalue weighted by Gasteiger charge is 2.27. The summed E-state index contributed by atoms with van der Waals surface area (Å²) >= 11 is 5.65. The molecule has 8 nitrogen and oxygen atoms in total. The molecule has 9 heteroatoms. The molecule has 4 rings (SSSR count). The molecule has 0 radical (unpaired) electrons. The Bertz CT molecular complexity index is 959. The van der Waals surface area contributed by atoms with Crippen LogP contribution in [0.5, 0.6) is 0 Å². The molecule has 182 valence electrons. The summed E-state index contributed by atoms with van der Waals surface area (Å²) in [5.74, 6) is 0.153. The summed E-state index contributed by atoms with van der Waals surface area (Å²) in [6, 6.07) is 7.64. The van der Waals surface area contributed by atoms with Crippen molar-refractivity contribution in [3.63, 3.8) is 0 Å². The summed E-state index contributed by atoms with van der Waals surface area (Å²) in [7, 11) is 0. The lowest BCUT2D eigenvalue weighted by Gasteiger charge is -2.34. The first-order valence-electron chi connectivity index (χ1n) is 12.1. The first kappa shape index (κ1) is 24.5. The molecular weight excluding hydrogens is 448 g/mol. The molecular formula is C25H34N6O2S. The van der Waals surface area contributed by atoms with E-state index in [-0.39, 0.29) is 11.8 Å². The molecule has 0 spiro atoms. The van der Waals surface area contributed by atoms with Gasteiger partial charge in [-0.1, -0.05) is 6.07 Å². The van der Waals surface area contributed by atoms with E-state index in [4.69, 9.17) is 21.9 Å². The smallest absolute Gasteiger partial charge is 0.253 e. The fourth-order valence-electron chi connectivity index (χ4n) is 4.47. The normalized spacial score (nSPS) is 17.4. The number of nitrogens with zero attached hydrogens (tertiary/aromatic N) is 4. The predicted molar refractivity (Wildman–Crippen MR) is 136 cm³/mol. The number of amides is 1. The van der Waals surface area contributed by atoms with Gasteiger partial charge in [0.15, 0.2) is 5.11 Å². The maximum atomic E-state index is 13.0. The lowest BCUT2D eigenvalue weighted by molar-refractivity contribution is 0.0388. The summed E-state index contributed by atoms with van der Waals surface area (Å²) in [6.07, 6.45) is 5.34. The third kappa shape index (κ3) is 6.71. The van der Waals surface area contributed by atoms with Crippen LogP contribution in [-0.4, -0.2) is 83.3 Å². The average molecular weight is 483 g/mol. The van der Waals surface area contributed by atoms with Crippen LogP contribution in [0.1, 0.15) is 46.1 Å². The molecule has 1 amide bonds. The van der Waals surface area contributed by atoms with Crippen molar-refractivity contribution in [2.75, 3.05) is 52.5 Å². The number of carbonyl (C=O) groups excluding carboxylic acids is 1. The maximum absolute atomic E-state index is 13.0. The van der Waals surface area contributed by atoms with Gasteiger partial charge in [0.1, 0.15) is 0 Å². The summed E-state index contributed by atoms with van der Waals surface area (Å²) in [5, 5.41) is 7.25. The fourth-order valence-corrected chi connectivity index (χ4v) is 4.76. The van der Waals surface area contributed by atoms with Gasteiger partial charge >= 0.3 is 0 Å². The molecule has 2 saturated heterocycles. The van der Waals surface area contributed by atoms with Crippen LogP contribution in [0.15, 0.2) is 36.7 Å². The van der Waals surface area contributed by atoms with Crippen LogP contribution in [0.25, 0.3) is 0 Å². The Morgan fingerprint density at radius 1 is 1.15 bits per heavy atom. The van der Waals surface area contributed by atoms with E-state index in [2.05, 4.69) is 25.4 Å². The van der Waals surface area contributed by atoms with E-state index in [1.807, 2.05) is 31.2 Å². The molecule has 0 atom stereocenters. The standard InChI is InChI=1S/C25H34N6O2S/c1-19-4-5-22(24(32)28-18-20-3-2-8-26-17-20)23(29-19)21-6-10-31(11-7-21)25(34)27-9-12-30-13-15-33-16-14-30/h2-5,8,17,21H,6-7,9-16,18H2,1H3,(H,27,34)(H,28,32). The SMILES string of the molecule is Cc1ccc(C(=O)NCc2cccnc2)c(C2CCN(C(=S)NCCN3CCOCC3)CC2)n1. The van der Waals surface area contributed by atoms with Gasteiger partial charge in [0.25, 0.3) is 5.91 Å². The van der Waals surface area contributed by atoms with Gasteiger partial charge in [0, 0.05) is 69.8 Å². The van der Waals surface area contributed by atoms with Crippen LogP contribution in [0.3, 0.4) is 0 Å². The Balaban J connectivity index is 1.29. The Morgan fingerprint density at radius 3 is 2.68 bits per heavy atom. The number of likely N-dealkylation sites (tertiary alicyclic amines) is 1. The van der Waals surface area contributed by atoms with Gasteiger partial charge in [-0.2, -0.15) is 0 Å². The van der Waals surface area contributed by atoms with Gasteiger partial charge in [-0.3, -0.25) is 19.7 Å². The molecule has 0 bridgehead atoms. The number of thiocarbonyl (C=S) groups is 1. The number of piperidine rings is 1. The summed E-state index contributed by atoms with van der Waals surface area (Å²) in [4.78, 5) is 26.5. The van der Waals surface area contributed by atoms with Crippen LogP contribution in [0, 0.1) is 6.92 Å². The summed E-state index contributed by atoms with van der Waals surface area (Å²) < 4.78 is 5.40. The third-order valence-corrected chi connectivity index (χ3v) is 6.86.